The Morgan fingerprint density at radius 1 is 1.12 bits per heavy atom. The third-order valence-corrected chi connectivity index (χ3v) is 4.09. The molecule has 1 heterocycles. The van der Waals surface area contributed by atoms with E-state index in [0.717, 1.165) is 22.3 Å². The number of benzene rings is 2. The smallest absolute Gasteiger partial charge is 0.431 e. The van der Waals surface area contributed by atoms with Crippen molar-refractivity contribution in [3.8, 4) is 10.9 Å². The van der Waals surface area contributed by atoms with E-state index in [-0.39, 0.29) is 16.9 Å². The van der Waals surface area contributed by atoms with Gasteiger partial charge in [0.25, 0.3) is 11.1 Å². The molecule has 8 heteroatoms. The highest BCUT2D eigenvalue weighted by atomic mass is 32.1. The zero-order chi connectivity index (χ0) is 18.6. The molecule has 0 aliphatic rings. The predicted octanol–water partition coefficient (Wildman–Crippen LogP) is 4.88. The van der Waals surface area contributed by atoms with Gasteiger partial charge in [-0.25, -0.2) is 0 Å². The summed E-state index contributed by atoms with van der Waals surface area (Å²) in [6, 6.07) is 15.6. The Balaban J connectivity index is 1.66. The van der Waals surface area contributed by atoms with Crippen molar-refractivity contribution in [3.63, 3.8) is 0 Å². The van der Waals surface area contributed by atoms with Crippen molar-refractivity contribution in [3.05, 3.63) is 76.8 Å². The molecule has 3 rings (SSSR count). The Kier molecular flexibility index (Phi) is 5.22. The van der Waals surface area contributed by atoms with Gasteiger partial charge in [0, 0.05) is 17.5 Å². The number of rotatable bonds is 5. The zero-order valence-electron chi connectivity index (χ0n) is 13.3. The number of hydrogen-bond donors (Lipinski definition) is 1. The van der Waals surface area contributed by atoms with Crippen LogP contribution in [0, 0.1) is 0 Å². The van der Waals surface area contributed by atoms with Gasteiger partial charge in [-0.3, -0.25) is 4.79 Å². The van der Waals surface area contributed by atoms with Gasteiger partial charge in [0.2, 0.25) is 0 Å². The van der Waals surface area contributed by atoms with Crippen LogP contribution >= 0.6 is 11.3 Å². The lowest BCUT2D eigenvalue weighted by Crippen LogP contribution is -2.22. The molecule has 0 saturated carbocycles. The van der Waals surface area contributed by atoms with Crippen molar-refractivity contribution < 1.29 is 22.7 Å². The molecular weight excluding hydrogens is 365 g/mol. The van der Waals surface area contributed by atoms with Crippen LogP contribution in [-0.4, -0.2) is 10.9 Å². The molecule has 1 N–H and O–H groups in total. The Morgan fingerprint density at radius 2 is 1.88 bits per heavy atom. The summed E-state index contributed by atoms with van der Waals surface area (Å²) in [5, 5.41) is 3.52. The Labute approximate surface area is 151 Å². The molecule has 0 bridgehead atoms. The summed E-state index contributed by atoms with van der Waals surface area (Å²) in [4.78, 5) is 15.6. The second-order valence-electron chi connectivity index (χ2n) is 5.29. The number of aromatic nitrogens is 1. The number of nitrogens with zero attached hydrogens (tertiary/aromatic N) is 1. The Hall–Kier alpha value is -2.87. The van der Waals surface area contributed by atoms with Crippen molar-refractivity contribution in [2.24, 2.45) is 0 Å². The van der Waals surface area contributed by atoms with E-state index in [4.69, 9.17) is 4.74 Å². The van der Waals surface area contributed by atoms with Crippen molar-refractivity contribution in [2.75, 3.05) is 0 Å². The van der Waals surface area contributed by atoms with Gasteiger partial charge in [0.05, 0.1) is 0 Å². The molecule has 26 heavy (non-hydrogen) atoms. The van der Waals surface area contributed by atoms with Gasteiger partial charge in [0.15, 0.2) is 5.69 Å². The molecule has 0 aliphatic carbocycles. The van der Waals surface area contributed by atoms with E-state index < -0.39 is 11.9 Å². The van der Waals surface area contributed by atoms with Crippen LogP contribution < -0.4 is 10.1 Å². The largest absolute Gasteiger partial charge is 0.434 e. The fourth-order valence-electron chi connectivity index (χ4n) is 2.12. The number of nitrogens with one attached hydrogen (secondary N) is 1. The first-order valence-corrected chi connectivity index (χ1v) is 8.42. The third-order valence-electron chi connectivity index (χ3n) is 3.37. The van der Waals surface area contributed by atoms with Crippen LogP contribution in [-0.2, 0) is 12.7 Å². The van der Waals surface area contributed by atoms with Crippen LogP contribution in [0.5, 0.6) is 10.9 Å². The molecule has 2 aromatic carbocycles. The molecule has 0 fully saturated rings. The van der Waals surface area contributed by atoms with Gasteiger partial charge in [-0.2, -0.15) is 18.2 Å². The molecule has 0 atom stereocenters. The van der Waals surface area contributed by atoms with E-state index in [9.17, 15) is 18.0 Å². The summed E-state index contributed by atoms with van der Waals surface area (Å²) in [6.07, 6.45) is -4.52. The molecule has 0 spiro atoms. The van der Waals surface area contributed by atoms with Gasteiger partial charge in [-0.05, 0) is 23.8 Å². The van der Waals surface area contributed by atoms with Crippen molar-refractivity contribution >= 4 is 17.2 Å². The number of halogens is 3. The molecule has 134 valence electrons. The average Bonchev–Trinajstić information content (AvgIpc) is 3.10. The summed E-state index contributed by atoms with van der Waals surface area (Å²) in [5.41, 5.74) is 0.288. The minimum absolute atomic E-state index is 0.140. The number of thiazole rings is 1. The molecule has 1 aromatic heterocycles. The van der Waals surface area contributed by atoms with Crippen molar-refractivity contribution in [1.29, 1.82) is 0 Å². The highest BCUT2D eigenvalue weighted by Crippen LogP contribution is 2.34. The third kappa shape index (κ3) is 4.60. The molecule has 3 aromatic rings. The number of alkyl halides is 3. The number of amides is 1. The van der Waals surface area contributed by atoms with E-state index in [1.54, 1.807) is 18.2 Å². The topological polar surface area (TPSA) is 51.2 Å². The predicted molar refractivity (Wildman–Crippen MR) is 91.2 cm³/mol. The maximum absolute atomic E-state index is 12.6. The van der Waals surface area contributed by atoms with Crippen LogP contribution in [0.25, 0.3) is 0 Å². The SMILES string of the molecule is O=C(NCc1ccccc1)c1cccc(Oc2nc(C(F)(F)F)cs2)c1. The molecule has 4 nitrogen and oxygen atoms in total. The van der Waals surface area contributed by atoms with Crippen LogP contribution in [0.4, 0.5) is 13.2 Å². The highest BCUT2D eigenvalue weighted by Gasteiger charge is 2.34. The summed E-state index contributed by atoms with van der Waals surface area (Å²) >= 11 is 0.739. The maximum atomic E-state index is 12.6. The summed E-state index contributed by atoms with van der Waals surface area (Å²) in [5.74, 6) is -0.0742. The van der Waals surface area contributed by atoms with Gasteiger partial charge < -0.3 is 10.1 Å². The first kappa shape index (κ1) is 17.9. The molecule has 0 unspecified atom stereocenters. The Morgan fingerprint density at radius 3 is 2.58 bits per heavy atom. The number of hydrogen-bond acceptors (Lipinski definition) is 4. The van der Waals surface area contributed by atoms with Crippen LogP contribution in [0.1, 0.15) is 21.6 Å². The fourth-order valence-corrected chi connectivity index (χ4v) is 2.81. The highest BCUT2D eigenvalue weighted by molar-refractivity contribution is 7.11. The van der Waals surface area contributed by atoms with E-state index in [0.29, 0.717) is 12.1 Å². The minimum atomic E-state index is -4.52. The van der Waals surface area contributed by atoms with E-state index in [1.807, 2.05) is 30.3 Å². The molecule has 0 aliphatic heterocycles. The van der Waals surface area contributed by atoms with Crippen molar-refractivity contribution in [1.82, 2.24) is 10.3 Å². The number of carbonyl (C=O) groups excluding carboxylic acids is 1. The van der Waals surface area contributed by atoms with Crippen molar-refractivity contribution in [2.45, 2.75) is 12.7 Å². The summed E-state index contributed by atoms with van der Waals surface area (Å²) < 4.78 is 43.0. The Bertz CT molecular complexity index is 895. The zero-order valence-corrected chi connectivity index (χ0v) is 14.1. The standard InChI is InChI=1S/C18H13F3N2O2S/c19-18(20,21)15-11-26-17(23-15)25-14-8-4-7-13(9-14)16(24)22-10-12-5-2-1-3-6-12/h1-9,11H,10H2,(H,22,24). The lowest BCUT2D eigenvalue weighted by molar-refractivity contribution is -0.140. The van der Waals surface area contributed by atoms with Gasteiger partial charge in [-0.15, -0.1) is 0 Å². The number of carbonyl (C=O) groups is 1. The normalized spacial score (nSPS) is 11.2. The quantitative estimate of drug-likeness (QED) is 0.688. The van der Waals surface area contributed by atoms with E-state index in [2.05, 4.69) is 10.3 Å². The first-order valence-electron chi connectivity index (χ1n) is 7.54. The first-order chi connectivity index (χ1) is 12.4. The van der Waals surface area contributed by atoms with Gasteiger partial charge in [-0.1, -0.05) is 47.7 Å². The molecule has 0 saturated heterocycles. The lowest BCUT2D eigenvalue weighted by atomic mass is 10.2. The van der Waals surface area contributed by atoms with Gasteiger partial charge >= 0.3 is 6.18 Å². The second kappa shape index (κ2) is 7.57. The molecule has 1 amide bonds. The summed E-state index contributed by atoms with van der Waals surface area (Å²) in [6.45, 7) is 0.367. The van der Waals surface area contributed by atoms with E-state index >= 15 is 0 Å². The van der Waals surface area contributed by atoms with Crippen LogP contribution in [0.3, 0.4) is 0 Å². The lowest BCUT2D eigenvalue weighted by Gasteiger charge is -2.07. The monoisotopic (exact) mass is 378 g/mol. The average molecular weight is 378 g/mol. The van der Waals surface area contributed by atoms with E-state index in [1.165, 1.54) is 6.07 Å². The fraction of sp³-hybridized carbons (Fsp3) is 0.111. The second-order valence-corrected chi connectivity index (χ2v) is 6.12. The van der Waals surface area contributed by atoms with Gasteiger partial charge in [0.1, 0.15) is 5.75 Å². The molecule has 0 radical (unpaired) electrons. The van der Waals surface area contributed by atoms with Crippen LogP contribution in [0.15, 0.2) is 60.0 Å². The number of ether oxygens (including phenoxy) is 1. The summed E-state index contributed by atoms with van der Waals surface area (Å²) in [7, 11) is 0. The molecular formula is C18H13F3N2O2S. The maximum Gasteiger partial charge on any atom is 0.434 e. The minimum Gasteiger partial charge on any atom is -0.431 e. The van der Waals surface area contributed by atoms with Crippen LogP contribution in [0.2, 0.25) is 0 Å².